The van der Waals surface area contributed by atoms with Crippen molar-refractivity contribution in [1.82, 2.24) is 15.2 Å². The predicted octanol–water partition coefficient (Wildman–Crippen LogP) is 4.42. The van der Waals surface area contributed by atoms with Crippen LogP contribution in [0.15, 0.2) is 47.1 Å². The summed E-state index contributed by atoms with van der Waals surface area (Å²) in [6.07, 6.45) is -1.34. The van der Waals surface area contributed by atoms with Gasteiger partial charge in [0.25, 0.3) is 0 Å². The average molecular weight is 355 g/mol. The quantitative estimate of drug-likeness (QED) is 0.751. The Morgan fingerprint density at radius 3 is 2.54 bits per heavy atom. The summed E-state index contributed by atoms with van der Waals surface area (Å²) in [5, 5.41) is 10.1. The molecule has 24 heavy (non-hydrogen) atoms. The zero-order chi connectivity index (χ0) is 17.2. The molecule has 2 aromatic heterocycles. The SMILES string of the molecule is FC(F)(F)c1cc(CNc2nnc(-c3ccncc3)o2)ccc1Cl. The first-order valence-electron chi connectivity index (χ1n) is 6.77. The Morgan fingerprint density at radius 1 is 1.08 bits per heavy atom. The van der Waals surface area contributed by atoms with Crippen LogP contribution in [-0.4, -0.2) is 15.2 Å². The monoisotopic (exact) mass is 354 g/mol. The van der Waals surface area contributed by atoms with E-state index in [9.17, 15) is 13.2 Å². The number of hydrogen-bond donors (Lipinski definition) is 1. The summed E-state index contributed by atoms with van der Waals surface area (Å²) in [7, 11) is 0. The number of rotatable bonds is 4. The van der Waals surface area contributed by atoms with Crippen LogP contribution in [0.5, 0.6) is 0 Å². The molecule has 0 spiro atoms. The van der Waals surface area contributed by atoms with Gasteiger partial charge in [-0.3, -0.25) is 4.98 Å². The van der Waals surface area contributed by atoms with Crippen LogP contribution in [-0.2, 0) is 12.7 Å². The largest absolute Gasteiger partial charge is 0.417 e. The summed E-state index contributed by atoms with van der Waals surface area (Å²) in [4.78, 5) is 3.88. The lowest BCUT2D eigenvalue weighted by molar-refractivity contribution is -0.137. The van der Waals surface area contributed by atoms with Crippen LogP contribution in [0.3, 0.4) is 0 Å². The van der Waals surface area contributed by atoms with Gasteiger partial charge >= 0.3 is 12.2 Å². The van der Waals surface area contributed by atoms with Crippen molar-refractivity contribution in [1.29, 1.82) is 0 Å². The second kappa shape index (κ2) is 6.48. The van der Waals surface area contributed by atoms with Crippen molar-refractivity contribution in [3.63, 3.8) is 0 Å². The number of pyridine rings is 1. The van der Waals surface area contributed by atoms with E-state index in [0.29, 0.717) is 11.1 Å². The van der Waals surface area contributed by atoms with E-state index in [0.717, 1.165) is 6.07 Å². The highest BCUT2D eigenvalue weighted by molar-refractivity contribution is 6.31. The van der Waals surface area contributed by atoms with Gasteiger partial charge in [0.15, 0.2) is 0 Å². The molecule has 0 saturated carbocycles. The molecule has 0 aliphatic rings. The van der Waals surface area contributed by atoms with E-state index < -0.39 is 11.7 Å². The first-order valence-corrected chi connectivity index (χ1v) is 7.14. The first-order chi connectivity index (χ1) is 11.4. The molecular formula is C15H10ClF3N4O. The van der Waals surface area contributed by atoms with Gasteiger partial charge in [-0.2, -0.15) is 13.2 Å². The summed E-state index contributed by atoms with van der Waals surface area (Å²) >= 11 is 5.58. The van der Waals surface area contributed by atoms with Gasteiger partial charge in [-0.15, -0.1) is 5.10 Å². The topological polar surface area (TPSA) is 63.8 Å². The van der Waals surface area contributed by atoms with Crippen molar-refractivity contribution >= 4 is 17.6 Å². The molecule has 3 rings (SSSR count). The highest BCUT2D eigenvalue weighted by Gasteiger charge is 2.33. The van der Waals surface area contributed by atoms with Crippen LogP contribution in [0, 0.1) is 0 Å². The molecule has 1 N–H and O–H groups in total. The van der Waals surface area contributed by atoms with Gasteiger partial charge in [0.2, 0.25) is 5.89 Å². The van der Waals surface area contributed by atoms with Crippen LogP contribution in [0.1, 0.15) is 11.1 Å². The van der Waals surface area contributed by atoms with Crippen molar-refractivity contribution in [3.05, 3.63) is 58.9 Å². The molecule has 0 atom stereocenters. The highest BCUT2D eigenvalue weighted by atomic mass is 35.5. The van der Waals surface area contributed by atoms with Gasteiger partial charge in [-0.25, -0.2) is 0 Å². The number of halogens is 4. The van der Waals surface area contributed by atoms with Crippen molar-refractivity contribution in [2.24, 2.45) is 0 Å². The minimum Gasteiger partial charge on any atom is -0.403 e. The van der Waals surface area contributed by atoms with E-state index in [2.05, 4.69) is 20.5 Å². The minimum absolute atomic E-state index is 0.0816. The second-order valence-electron chi connectivity index (χ2n) is 4.81. The predicted molar refractivity (Wildman–Crippen MR) is 81.3 cm³/mol. The lowest BCUT2D eigenvalue weighted by atomic mass is 10.1. The Balaban J connectivity index is 1.72. The highest BCUT2D eigenvalue weighted by Crippen LogP contribution is 2.35. The van der Waals surface area contributed by atoms with E-state index >= 15 is 0 Å². The molecule has 0 aliphatic heterocycles. The zero-order valence-corrected chi connectivity index (χ0v) is 12.8. The number of benzene rings is 1. The standard InChI is InChI=1S/C15H10ClF3N4O/c16-12-2-1-9(7-11(12)15(17,18)19)8-21-14-23-22-13(24-14)10-3-5-20-6-4-10/h1-7H,8H2,(H,21,23). The normalized spacial score (nSPS) is 11.5. The van der Waals surface area contributed by atoms with Crippen LogP contribution >= 0.6 is 11.6 Å². The molecule has 5 nitrogen and oxygen atoms in total. The maximum absolute atomic E-state index is 12.8. The van der Waals surface area contributed by atoms with E-state index in [1.54, 1.807) is 24.5 Å². The molecule has 9 heteroatoms. The Labute approximate surface area is 139 Å². The maximum Gasteiger partial charge on any atom is 0.417 e. The number of aromatic nitrogens is 3. The van der Waals surface area contributed by atoms with Gasteiger partial charge in [-0.05, 0) is 29.8 Å². The molecule has 0 saturated heterocycles. The van der Waals surface area contributed by atoms with Gasteiger partial charge in [0.1, 0.15) is 0 Å². The first kappa shape index (κ1) is 16.3. The van der Waals surface area contributed by atoms with Gasteiger partial charge < -0.3 is 9.73 Å². The number of alkyl halides is 3. The third kappa shape index (κ3) is 3.65. The molecular weight excluding hydrogens is 345 g/mol. The zero-order valence-electron chi connectivity index (χ0n) is 12.0. The van der Waals surface area contributed by atoms with Crippen molar-refractivity contribution in [2.45, 2.75) is 12.7 Å². The average Bonchev–Trinajstić information content (AvgIpc) is 3.03. The van der Waals surface area contributed by atoms with Crippen LogP contribution in [0.25, 0.3) is 11.5 Å². The van der Waals surface area contributed by atoms with Crippen LogP contribution < -0.4 is 5.32 Å². The van der Waals surface area contributed by atoms with E-state index in [1.165, 1.54) is 12.1 Å². The number of nitrogens with zero attached hydrogens (tertiary/aromatic N) is 3. The van der Waals surface area contributed by atoms with Crippen LogP contribution in [0.4, 0.5) is 19.2 Å². The van der Waals surface area contributed by atoms with Gasteiger partial charge in [-0.1, -0.05) is 22.8 Å². The number of anilines is 1. The lowest BCUT2D eigenvalue weighted by Gasteiger charge is -2.10. The van der Waals surface area contributed by atoms with Crippen molar-refractivity contribution in [2.75, 3.05) is 5.32 Å². The molecule has 0 radical (unpaired) electrons. The Hall–Kier alpha value is -2.61. The van der Waals surface area contributed by atoms with Crippen LogP contribution in [0.2, 0.25) is 5.02 Å². The van der Waals surface area contributed by atoms with E-state index in [1.807, 2.05) is 0 Å². The van der Waals surface area contributed by atoms with Crippen molar-refractivity contribution < 1.29 is 17.6 Å². The summed E-state index contributed by atoms with van der Waals surface area (Å²) in [6.45, 7) is 0.0816. The molecule has 3 aromatic rings. The second-order valence-corrected chi connectivity index (χ2v) is 5.22. The number of nitrogens with one attached hydrogen (secondary N) is 1. The molecule has 124 valence electrons. The summed E-state index contributed by atoms with van der Waals surface area (Å²) in [5.41, 5.74) is 0.193. The smallest absolute Gasteiger partial charge is 0.403 e. The van der Waals surface area contributed by atoms with Gasteiger partial charge in [0.05, 0.1) is 10.6 Å². The van der Waals surface area contributed by atoms with Crippen molar-refractivity contribution in [3.8, 4) is 11.5 Å². The number of hydrogen-bond acceptors (Lipinski definition) is 5. The molecule has 1 aromatic carbocycles. The molecule has 0 bridgehead atoms. The molecule has 0 unspecified atom stereocenters. The summed E-state index contributed by atoms with van der Waals surface area (Å²) in [5.74, 6) is 0.284. The summed E-state index contributed by atoms with van der Waals surface area (Å²) < 4.78 is 43.9. The Bertz CT molecular complexity index is 836. The molecule has 0 amide bonds. The minimum atomic E-state index is -4.51. The van der Waals surface area contributed by atoms with E-state index in [-0.39, 0.29) is 23.5 Å². The maximum atomic E-state index is 12.8. The fraction of sp³-hybridized carbons (Fsp3) is 0.133. The Kier molecular flexibility index (Phi) is 4.39. The third-order valence-electron chi connectivity index (χ3n) is 3.13. The Morgan fingerprint density at radius 2 is 1.83 bits per heavy atom. The third-order valence-corrected chi connectivity index (χ3v) is 3.46. The molecule has 0 fully saturated rings. The van der Waals surface area contributed by atoms with Gasteiger partial charge in [0, 0.05) is 24.5 Å². The molecule has 2 heterocycles. The van der Waals surface area contributed by atoms with E-state index in [4.69, 9.17) is 16.0 Å². The lowest BCUT2D eigenvalue weighted by Crippen LogP contribution is -2.08. The fourth-order valence-electron chi connectivity index (χ4n) is 1.98. The molecule has 0 aliphatic carbocycles. The fourth-order valence-corrected chi connectivity index (χ4v) is 2.21. The summed E-state index contributed by atoms with van der Waals surface area (Å²) in [6, 6.07) is 7.18.